The number of hydrogen-bond acceptors (Lipinski definition) is 5. The Kier molecular flexibility index (Phi) is 7.70. The molecule has 0 aliphatic rings. The fourth-order valence-electron chi connectivity index (χ4n) is 3.16. The third-order valence-corrected chi connectivity index (χ3v) is 4.88. The molecule has 0 unspecified atom stereocenters. The molecule has 2 aromatic carbocycles. The van der Waals surface area contributed by atoms with Gasteiger partial charge in [0, 0.05) is 25.2 Å². The minimum atomic E-state index is -0.174. The van der Waals surface area contributed by atoms with E-state index in [4.69, 9.17) is 13.9 Å². The Morgan fingerprint density at radius 2 is 1.75 bits per heavy atom. The van der Waals surface area contributed by atoms with Gasteiger partial charge in [-0.25, -0.2) is 0 Å². The van der Waals surface area contributed by atoms with Gasteiger partial charge in [-0.15, -0.1) is 0 Å². The molecular formula is C25H26N2O5. The highest BCUT2D eigenvalue weighted by atomic mass is 16.5. The fraction of sp³-hybridized carbons (Fsp3) is 0.200. The highest BCUT2D eigenvalue weighted by molar-refractivity contribution is 5.94. The van der Waals surface area contributed by atoms with Crippen molar-refractivity contribution in [3.8, 4) is 11.5 Å². The fourth-order valence-corrected chi connectivity index (χ4v) is 3.16. The van der Waals surface area contributed by atoms with Crippen LogP contribution < -0.4 is 14.8 Å². The first kappa shape index (κ1) is 22.7. The van der Waals surface area contributed by atoms with Crippen LogP contribution in [0, 0.1) is 0 Å². The van der Waals surface area contributed by atoms with Crippen LogP contribution in [0.4, 0.5) is 0 Å². The molecule has 1 N–H and O–H groups in total. The van der Waals surface area contributed by atoms with Crippen molar-refractivity contribution in [1.82, 2.24) is 10.2 Å². The number of benzene rings is 2. The molecule has 0 spiro atoms. The van der Waals surface area contributed by atoms with Crippen LogP contribution in [0.5, 0.6) is 11.5 Å². The highest BCUT2D eigenvalue weighted by Crippen LogP contribution is 2.28. The molecule has 166 valence electrons. The molecule has 32 heavy (non-hydrogen) atoms. The number of carbonyl (C=O) groups is 2. The second kappa shape index (κ2) is 10.9. The predicted molar refractivity (Wildman–Crippen MR) is 121 cm³/mol. The summed E-state index contributed by atoms with van der Waals surface area (Å²) in [6, 6.07) is 16.2. The Morgan fingerprint density at radius 1 is 1.00 bits per heavy atom. The monoisotopic (exact) mass is 434 g/mol. The Labute approximate surface area is 187 Å². The molecule has 0 radical (unpaired) electrons. The maximum atomic E-state index is 13.0. The van der Waals surface area contributed by atoms with E-state index in [0.717, 1.165) is 11.1 Å². The lowest BCUT2D eigenvalue weighted by Gasteiger charge is -2.20. The quantitative estimate of drug-likeness (QED) is 0.517. The minimum absolute atomic E-state index is 0.155. The maximum absolute atomic E-state index is 13.0. The standard InChI is InChI=1S/C25H26N2O5/c1-26-25(29)20-10-6-19(7-11-20)16-27(17-21-5-4-14-32-21)24(28)13-9-18-8-12-22(30-2)23(15-18)31-3/h4-15H,16-17H2,1-3H3,(H,26,29)/b13-9+. The SMILES string of the molecule is CNC(=O)c1ccc(CN(Cc2ccco2)C(=O)/C=C/c2ccc(OC)c(OC)c2)cc1. The van der Waals surface area contributed by atoms with E-state index >= 15 is 0 Å². The summed E-state index contributed by atoms with van der Waals surface area (Å²) in [5.74, 6) is 1.56. The molecule has 2 amide bonds. The summed E-state index contributed by atoms with van der Waals surface area (Å²) in [5, 5.41) is 2.60. The molecular weight excluding hydrogens is 408 g/mol. The maximum Gasteiger partial charge on any atom is 0.251 e. The van der Waals surface area contributed by atoms with Gasteiger partial charge in [-0.2, -0.15) is 0 Å². The van der Waals surface area contributed by atoms with Gasteiger partial charge in [0.15, 0.2) is 11.5 Å². The second-order valence-electron chi connectivity index (χ2n) is 7.00. The molecule has 3 aromatic rings. The van der Waals surface area contributed by atoms with Crippen molar-refractivity contribution in [2.24, 2.45) is 0 Å². The van der Waals surface area contributed by atoms with Crippen LogP contribution in [0.3, 0.4) is 0 Å². The highest BCUT2D eigenvalue weighted by Gasteiger charge is 2.14. The van der Waals surface area contributed by atoms with Crippen LogP contribution >= 0.6 is 0 Å². The van der Waals surface area contributed by atoms with E-state index in [9.17, 15) is 9.59 Å². The molecule has 0 aliphatic heterocycles. The van der Waals surface area contributed by atoms with Gasteiger partial charge in [-0.05, 0) is 53.6 Å². The second-order valence-corrected chi connectivity index (χ2v) is 7.00. The number of rotatable bonds is 9. The minimum Gasteiger partial charge on any atom is -0.493 e. The number of methoxy groups -OCH3 is 2. The molecule has 0 fully saturated rings. The summed E-state index contributed by atoms with van der Waals surface area (Å²) >= 11 is 0. The van der Waals surface area contributed by atoms with Crippen molar-refractivity contribution in [2.75, 3.05) is 21.3 Å². The molecule has 1 heterocycles. The van der Waals surface area contributed by atoms with Crippen LogP contribution in [-0.2, 0) is 17.9 Å². The number of furan rings is 1. The van der Waals surface area contributed by atoms with Crippen LogP contribution in [0.15, 0.2) is 71.4 Å². The lowest BCUT2D eigenvalue weighted by molar-refractivity contribution is -0.127. The lowest BCUT2D eigenvalue weighted by Crippen LogP contribution is -2.28. The molecule has 0 saturated carbocycles. The summed E-state index contributed by atoms with van der Waals surface area (Å²) in [6.45, 7) is 0.684. The molecule has 7 heteroatoms. The van der Waals surface area contributed by atoms with Crippen molar-refractivity contribution in [3.63, 3.8) is 0 Å². The third kappa shape index (κ3) is 5.78. The summed E-state index contributed by atoms with van der Waals surface area (Å²) < 4.78 is 16.0. The van der Waals surface area contributed by atoms with Crippen molar-refractivity contribution >= 4 is 17.9 Å². The Morgan fingerprint density at radius 3 is 2.38 bits per heavy atom. The zero-order valence-corrected chi connectivity index (χ0v) is 18.3. The lowest BCUT2D eigenvalue weighted by atomic mass is 10.1. The Bertz CT molecular complexity index is 1070. The molecule has 0 aliphatic carbocycles. The molecule has 0 atom stereocenters. The average Bonchev–Trinajstić information content (AvgIpc) is 3.35. The van der Waals surface area contributed by atoms with Gasteiger partial charge in [0.05, 0.1) is 27.0 Å². The zero-order chi connectivity index (χ0) is 22.9. The first-order chi connectivity index (χ1) is 15.5. The van der Waals surface area contributed by atoms with Crippen LogP contribution in [0.25, 0.3) is 6.08 Å². The number of nitrogens with one attached hydrogen (secondary N) is 1. The average molecular weight is 434 g/mol. The van der Waals surface area contributed by atoms with Gasteiger partial charge < -0.3 is 24.1 Å². The smallest absolute Gasteiger partial charge is 0.251 e. The molecule has 1 aromatic heterocycles. The van der Waals surface area contributed by atoms with Crippen LogP contribution in [0.1, 0.15) is 27.2 Å². The topological polar surface area (TPSA) is 81.0 Å². The van der Waals surface area contributed by atoms with E-state index in [1.54, 1.807) is 68.8 Å². The van der Waals surface area contributed by atoms with Crippen molar-refractivity contribution in [2.45, 2.75) is 13.1 Å². The Balaban J connectivity index is 1.78. The molecule has 3 rings (SSSR count). The molecule has 0 saturated heterocycles. The van der Waals surface area contributed by atoms with Gasteiger partial charge in [-0.3, -0.25) is 9.59 Å². The van der Waals surface area contributed by atoms with Crippen LogP contribution in [-0.4, -0.2) is 38.0 Å². The van der Waals surface area contributed by atoms with E-state index in [1.807, 2.05) is 24.3 Å². The summed E-state index contributed by atoms with van der Waals surface area (Å²) in [7, 11) is 4.73. The van der Waals surface area contributed by atoms with Crippen molar-refractivity contribution in [1.29, 1.82) is 0 Å². The van der Waals surface area contributed by atoms with Gasteiger partial charge in [-0.1, -0.05) is 18.2 Å². The van der Waals surface area contributed by atoms with E-state index < -0.39 is 0 Å². The number of hydrogen-bond donors (Lipinski definition) is 1. The predicted octanol–water partition coefficient (Wildman–Crippen LogP) is 3.90. The van der Waals surface area contributed by atoms with E-state index in [-0.39, 0.29) is 11.8 Å². The van der Waals surface area contributed by atoms with Crippen LogP contribution in [0.2, 0.25) is 0 Å². The Hall–Kier alpha value is -4.00. The summed E-state index contributed by atoms with van der Waals surface area (Å²) in [5.41, 5.74) is 2.27. The number of carbonyl (C=O) groups excluding carboxylic acids is 2. The van der Waals surface area contributed by atoms with Gasteiger partial charge in [0.25, 0.3) is 5.91 Å². The third-order valence-electron chi connectivity index (χ3n) is 4.88. The van der Waals surface area contributed by atoms with E-state index in [0.29, 0.717) is 35.9 Å². The van der Waals surface area contributed by atoms with Crippen molar-refractivity contribution in [3.05, 3.63) is 89.4 Å². The van der Waals surface area contributed by atoms with E-state index in [2.05, 4.69) is 5.32 Å². The van der Waals surface area contributed by atoms with Gasteiger partial charge in [0.1, 0.15) is 5.76 Å². The van der Waals surface area contributed by atoms with Gasteiger partial charge >= 0.3 is 0 Å². The number of amides is 2. The number of ether oxygens (including phenoxy) is 2. The van der Waals surface area contributed by atoms with E-state index in [1.165, 1.54) is 6.08 Å². The normalized spacial score (nSPS) is 10.7. The number of nitrogens with zero attached hydrogens (tertiary/aromatic N) is 1. The summed E-state index contributed by atoms with van der Waals surface area (Å²) in [6.07, 6.45) is 4.83. The molecule has 0 bridgehead atoms. The zero-order valence-electron chi connectivity index (χ0n) is 18.3. The summed E-state index contributed by atoms with van der Waals surface area (Å²) in [4.78, 5) is 26.5. The largest absolute Gasteiger partial charge is 0.493 e. The van der Waals surface area contributed by atoms with Crippen molar-refractivity contribution < 1.29 is 23.5 Å². The first-order valence-electron chi connectivity index (χ1n) is 10.1. The molecule has 7 nitrogen and oxygen atoms in total. The first-order valence-corrected chi connectivity index (χ1v) is 10.1. The van der Waals surface area contributed by atoms with Gasteiger partial charge in [0.2, 0.25) is 5.91 Å².